The molecule has 0 saturated carbocycles. The van der Waals surface area contributed by atoms with Gasteiger partial charge in [-0.1, -0.05) is 13.8 Å². The Bertz CT molecular complexity index is 231. The fourth-order valence-corrected chi connectivity index (χ4v) is 2.30. The lowest BCUT2D eigenvalue weighted by molar-refractivity contribution is -0.135. The average Bonchev–Trinajstić information content (AvgIpc) is 2.67. The van der Waals surface area contributed by atoms with Crippen molar-refractivity contribution in [3.63, 3.8) is 0 Å². The zero-order valence-electron chi connectivity index (χ0n) is 10.6. The maximum absolute atomic E-state index is 12.2. The predicted molar refractivity (Wildman–Crippen MR) is 63.9 cm³/mol. The Kier molecular flexibility index (Phi) is 5.22. The summed E-state index contributed by atoms with van der Waals surface area (Å²) in [5, 5.41) is 0. The van der Waals surface area contributed by atoms with Crippen LogP contribution < -0.4 is 5.73 Å². The third kappa shape index (κ3) is 3.19. The van der Waals surface area contributed by atoms with Crippen molar-refractivity contribution >= 4 is 5.91 Å². The molecule has 0 aromatic carbocycles. The normalized spacial score (nSPS) is 22.8. The van der Waals surface area contributed by atoms with Crippen molar-refractivity contribution in [3.8, 4) is 0 Å². The van der Waals surface area contributed by atoms with Crippen molar-refractivity contribution in [1.29, 1.82) is 0 Å². The molecule has 2 unspecified atom stereocenters. The monoisotopic (exact) mass is 228 g/mol. The number of carbonyl (C=O) groups is 1. The molecule has 0 aliphatic carbocycles. The summed E-state index contributed by atoms with van der Waals surface area (Å²) < 4.78 is 5.13. The molecule has 4 heteroatoms. The molecule has 1 saturated heterocycles. The highest BCUT2D eigenvalue weighted by Crippen LogP contribution is 2.21. The van der Waals surface area contributed by atoms with Gasteiger partial charge in [-0.25, -0.2) is 0 Å². The van der Waals surface area contributed by atoms with E-state index in [2.05, 4.69) is 13.8 Å². The lowest BCUT2D eigenvalue weighted by atomic mass is 9.94. The lowest BCUT2D eigenvalue weighted by Gasteiger charge is -2.25. The van der Waals surface area contributed by atoms with Crippen molar-refractivity contribution in [3.05, 3.63) is 0 Å². The quantitative estimate of drug-likeness (QED) is 0.754. The van der Waals surface area contributed by atoms with E-state index in [4.69, 9.17) is 10.5 Å². The molecular weight excluding hydrogens is 204 g/mol. The van der Waals surface area contributed by atoms with E-state index in [0.717, 1.165) is 26.1 Å². The molecule has 4 nitrogen and oxygen atoms in total. The van der Waals surface area contributed by atoms with Gasteiger partial charge in [-0.05, 0) is 12.3 Å². The second-order valence-electron chi connectivity index (χ2n) is 4.98. The largest absolute Gasteiger partial charge is 0.384 e. The topological polar surface area (TPSA) is 55.6 Å². The van der Waals surface area contributed by atoms with Gasteiger partial charge in [-0.3, -0.25) is 4.79 Å². The fourth-order valence-electron chi connectivity index (χ4n) is 2.30. The van der Waals surface area contributed by atoms with Crippen molar-refractivity contribution in [1.82, 2.24) is 4.90 Å². The Balaban J connectivity index is 2.49. The molecule has 94 valence electrons. The Morgan fingerprint density at radius 3 is 2.75 bits per heavy atom. The summed E-state index contributed by atoms with van der Waals surface area (Å²) in [6.07, 6.45) is 1.05. The molecule has 16 heavy (non-hydrogen) atoms. The first-order valence-corrected chi connectivity index (χ1v) is 6.08. The highest BCUT2D eigenvalue weighted by atomic mass is 16.5. The number of nitrogens with two attached hydrogens (primary N) is 1. The highest BCUT2D eigenvalue weighted by molar-refractivity contribution is 5.79. The second-order valence-corrected chi connectivity index (χ2v) is 4.98. The van der Waals surface area contributed by atoms with E-state index in [9.17, 15) is 4.79 Å². The van der Waals surface area contributed by atoms with Gasteiger partial charge in [0.2, 0.25) is 5.91 Å². The van der Waals surface area contributed by atoms with E-state index < -0.39 is 0 Å². The average molecular weight is 228 g/mol. The number of amides is 1. The van der Waals surface area contributed by atoms with E-state index in [1.807, 2.05) is 4.90 Å². The minimum absolute atomic E-state index is 0.0266. The van der Waals surface area contributed by atoms with Crippen LogP contribution in [0, 0.1) is 17.8 Å². The second kappa shape index (κ2) is 6.21. The zero-order chi connectivity index (χ0) is 12.1. The van der Waals surface area contributed by atoms with Gasteiger partial charge in [0.25, 0.3) is 0 Å². The maximum Gasteiger partial charge on any atom is 0.227 e. The van der Waals surface area contributed by atoms with Crippen LogP contribution >= 0.6 is 0 Å². The number of hydrogen-bond acceptors (Lipinski definition) is 3. The Morgan fingerprint density at radius 2 is 2.25 bits per heavy atom. The van der Waals surface area contributed by atoms with Gasteiger partial charge >= 0.3 is 0 Å². The summed E-state index contributed by atoms with van der Waals surface area (Å²) in [6.45, 7) is 6.99. The van der Waals surface area contributed by atoms with Gasteiger partial charge < -0.3 is 15.4 Å². The van der Waals surface area contributed by atoms with Gasteiger partial charge in [0.05, 0.1) is 12.5 Å². The first-order valence-electron chi connectivity index (χ1n) is 6.08. The molecule has 0 aromatic heterocycles. The number of ether oxygens (including phenoxy) is 1. The molecule has 0 spiro atoms. The number of nitrogens with zero attached hydrogens (tertiary/aromatic N) is 1. The van der Waals surface area contributed by atoms with Crippen LogP contribution in [-0.4, -0.2) is 44.2 Å². The molecule has 1 rings (SSSR count). The SMILES string of the molecule is COCC1CCN(C(=O)C(CN)C(C)C)C1. The molecule has 0 bridgehead atoms. The van der Waals surface area contributed by atoms with Crippen LogP contribution in [0.5, 0.6) is 0 Å². The molecule has 1 aliphatic heterocycles. The molecule has 2 atom stereocenters. The summed E-state index contributed by atoms with van der Waals surface area (Å²) in [5.74, 6) is 1.01. The van der Waals surface area contributed by atoms with E-state index in [-0.39, 0.29) is 11.8 Å². The van der Waals surface area contributed by atoms with Crippen molar-refractivity contribution < 1.29 is 9.53 Å². The Labute approximate surface area is 98.1 Å². The Morgan fingerprint density at radius 1 is 1.56 bits per heavy atom. The molecular formula is C12H24N2O2. The molecule has 2 N–H and O–H groups in total. The standard InChI is InChI=1S/C12H24N2O2/c1-9(2)11(6-13)12(15)14-5-4-10(7-14)8-16-3/h9-11H,4-8,13H2,1-3H3. The van der Waals surface area contributed by atoms with Gasteiger partial charge in [-0.2, -0.15) is 0 Å². The number of rotatable bonds is 5. The summed E-state index contributed by atoms with van der Waals surface area (Å²) in [7, 11) is 1.71. The summed E-state index contributed by atoms with van der Waals surface area (Å²) >= 11 is 0. The molecule has 0 radical (unpaired) electrons. The number of methoxy groups -OCH3 is 1. The first-order chi connectivity index (χ1) is 7.60. The summed E-state index contributed by atoms with van der Waals surface area (Å²) in [5.41, 5.74) is 5.66. The Hall–Kier alpha value is -0.610. The lowest BCUT2D eigenvalue weighted by Crippen LogP contribution is -2.40. The van der Waals surface area contributed by atoms with Crippen LogP contribution in [0.4, 0.5) is 0 Å². The molecule has 0 aromatic rings. The zero-order valence-corrected chi connectivity index (χ0v) is 10.6. The van der Waals surface area contributed by atoms with E-state index in [0.29, 0.717) is 18.4 Å². The third-order valence-electron chi connectivity index (χ3n) is 3.38. The molecule has 1 amide bonds. The van der Waals surface area contributed by atoms with E-state index >= 15 is 0 Å². The van der Waals surface area contributed by atoms with Crippen LogP contribution in [0.15, 0.2) is 0 Å². The fraction of sp³-hybridized carbons (Fsp3) is 0.917. The van der Waals surface area contributed by atoms with Crippen LogP contribution in [-0.2, 0) is 9.53 Å². The smallest absolute Gasteiger partial charge is 0.227 e. The van der Waals surface area contributed by atoms with E-state index in [1.165, 1.54) is 0 Å². The van der Waals surface area contributed by atoms with Crippen LogP contribution in [0.25, 0.3) is 0 Å². The van der Waals surface area contributed by atoms with Gasteiger partial charge in [-0.15, -0.1) is 0 Å². The number of likely N-dealkylation sites (tertiary alicyclic amines) is 1. The van der Waals surface area contributed by atoms with Crippen LogP contribution in [0.2, 0.25) is 0 Å². The minimum atomic E-state index is -0.0266. The van der Waals surface area contributed by atoms with Crippen molar-refractivity contribution in [2.24, 2.45) is 23.5 Å². The number of hydrogen-bond donors (Lipinski definition) is 1. The van der Waals surface area contributed by atoms with E-state index in [1.54, 1.807) is 7.11 Å². The first kappa shape index (κ1) is 13.5. The summed E-state index contributed by atoms with van der Waals surface area (Å²) in [6, 6.07) is 0. The molecule has 1 fully saturated rings. The van der Waals surface area contributed by atoms with Crippen molar-refractivity contribution in [2.45, 2.75) is 20.3 Å². The van der Waals surface area contributed by atoms with Crippen LogP contribution in [0.3, 0.4) is 0 Å². The third-order valence-corrected chi connectivity index (χ3v) is 3.38. The highest BCUT2D eigenvalue weighted by Gasteiger charge is 2.31. The molecule has 1 aliphatic rings. The summed E-state index contributed by atoms with van der Waals surface area (Å²) in [4.78, 5) is 14.1. The minimum Gasteiger partial charge on any atom is -0.384 e. The van der Waals surface area contributed by atoms with Crippen LogP contribution in [0.1, 0.15) is 20.3 Å². The van der Waals surface area contributed by atoms with Crippen molar-refractivity contribution in [2.75, 3.05) is 33.4 Å². The maximum atomic E-state index is 12.2. The predicted octanol–water partition coefficient (Wildman–Crippen LogP) is 0.712. The molecule has 1 heterocycles. The number of carbonyl (C=O) groups excluding carboxylic acids is 1. The van der Waals surface area contributed by atoms with Gasteiger partial charge in [0.15, 0.2) is 0 Å². The van der Waals surface area contributed by atoms with Gasteiger partial charge in [0, 0.05) is 32.7 Å². The van der Waals surface area contributed by atoms with Gasteiger partial charge in [0.1, 0.15) is 0 Å².